The normalized spacial score (nSPS) is 29.3. The van der Waals surface area contributed by atoms with E-state index in [1.807, 2.05) is 0 Å². The second kappa shape index (κ2) is 5.01. The summed E-state index contributed by atoms with van der Waals surface area (Å²) in [5.74, 6) is -1.11. The van der Waals surface area contributed by atoms with Crippen LogP contribution in [-0.2, 0) is 19.2 Å². The molecule has 3 rings (SSSR count). The summed E-state index contributed by atoms with van der Waals surface area (Å²) in [4.78, 5) is 52.1. The molecule has 0 radical (unpaired) electrons. The Morgan fingerprint density at radius 2 is 1.76 bits per heavy atom. The highest BCUT2D eigenvalue weighted by Gasteiger charge is 2.47. The largest absolute Gasteiger partial charge is 0.368 e. The summed E-state index contributed by atoms with van der Waals surface area (Å²) in [6.45, 7) is 0.825. The van der Waals surface area contributed by atoms with E-state index in [9.17, 15) is 19.2 Å². The van der Waals surface area contributed by atoms with Crippen molar-refractivity contribution in [3.05, 3.63) is 0 Å². The lowest BCUT2D eigenvalue weighted by Crippen LogP contribution is -2.61. The molecule has 2 N–H and O–H groups in total. The molecule has 0 aromatic rings. The second-order valence-electron chi connectivity index (χ2n) is 5.74. The number of primary amides is 1. The number of likely N-dealkylation sites (tertiary alicyclic amines) is 1. The molecule has 0 spiro atoms. The van der Waals surface area contributed by atoms with Crippen LogP contribution in [0.5, 0.6) is 0 Å². The van der Waals surface area contributed by atoms with Gasteiger partial charge in [0.05, 0.1) is 6.54 Å². The van der Waals surface area contributed by atoms with E-state index in [-0.39, 0.29) is 30.8 Å². The Bertz CT molecular complexity index is 520. The van der Waals surface area contributed by atoms with Crippen molar-refractivity contribution < 1.29 is 19.2 Å². The highest BCUT2D eigenvalue weighted by molar-refractivity contribution is 5.99. The molecule has 3 aliphatic rings. The second-order valence-corrected chi connectivity index (χ2v) is 5.74. The number of fused-ring (bicyclic) bond motifs is 1. The molecule has 114 valence electrons. The van der Waals surface area contributed by atoms with Gasteiger partial charge in [0.15, 0.2) is 0 Å². The van der Waals surface area contributed by atoms with E-state index in [4.69, 9.17) is 5.73 Å². The standard InChI is InChI=1S/C13H18N4O4/c14-10(18)6-15-5-3-9(12(15)20)17-7-11(19)16-4-1-2-8(16)13(17)21/h8-9H,1-7H2,(H2,14,18). The fourth-order valence-electron chi connectivity index (χ4n) is 3.45. The van der Waals surface area contributed by atoms with Crippen LogP contribution in [0.4, 0.5) is 0 Å². The zero-order chi connectivity index (χ0) is 15.1. The fourth-order valence-corrected chi connectivity index (χ4v) is 3.45. The third kappa shape index (κ3) is 2.24. The van der Waals surface area contributed by atoms with E-state index >= 15 is 0 Å². The molecule has 3 heterocycles. The molecule has 0 aromatic heterocycles. The lowest BCUT2D eigenvalue weighted by molar-refractivity contribution is -0.158. The van der Waals surface area contributed by atoms with Crippen LogP contribution in [0.15, 0.2) is 0 Å². The van der Waals surface area contributed by atoms with Gasteiger partial charge < -0.3 is 20.4 Å². The van der Waals surface area contributed by atoms with Crippen LogP contribution in [0.1, 0.15) is 19.3 Å². The zero-order valence-electron chi connectivity index (χ0n) is 11.7. The van der Waals surface area contributed by atoms with Gasteiger partial charge in [-0.1, -0.05) is 0 Å². The number of hydrogen-bond donors (Lipinski definition) is 1. The lowest BCUT2D eigenvalue weighted by Gasteiger charge is -2.38. The molecule has 8 nitrogen and oxygen atoms in total. The number of carbonyl (C=O) groups is 4. The van der Waals surface area contributed by atoms with Crippen molar-refractivity contribution in [3.8, 4) is 0 Å². The minimum atomic E-state index is -0.636. The average Bonchev–Trinajstić information content (AvgIpc) is 3.03. The van der Waals surface area contributed by atoms with Gasteiger partial charge in [0.2, 0.25) is 23.6 Å². The number of nitrogens with zero attached hydrogens (tertiary/aromatic N) is 3. The van der Waals surface area contributed by atoms with Crippen molar-refractivity contribution in [1.82, 2.24) is 14.7 Å². The summed E-state index contributed by atoms with van der Waals surface area (Å²) in [5.41, 5.74) is 5.10. The summed E-state index contributed by atoms with van der Waals surface area (Å²) in [6.07, 6.45) is 1.92. The molecule has 3 aliphatic heterocycles. The monoisotopic (exact) mass is 294 g/mol. The quantitative estimate of drug-likeness (QED) is 0.644. The van der Waals surface area contributed by atoms with Gasteiger partial charge in [-0.15, -0.1) is 0 Å². The summed E-state index contributed by atoms with van der Waals surface area (Å²) in [5, 5.41) is 0. The number of carbonyl (C=O) groups excluding carboxylic acids is 4. The first-order valence-corrected chi connectivity index (χ1v) is 7.16. The van der Waals surface area contributed by atoms with Gasteiger partial charge in [-0.05, 0) is 19.3 Å². The minimum absolute atomic E-state index is 0.0455. The molecule has 0 aromatic carbocycles. The molecule has 21 heavy (non-hydrogen) atoms. The van der Waals surface area contributed by atoms with Crippen molar-refractivity contribution in [2.75, 3.05) is 26.2 Å². The molecule has 0 saturated carbocycles. The minimum Gasteiger partial charge on any atom is -0.368 e. The van der Waals surface area contributed by atoms with Crippen LogP contribution < -0.4 is 5.73 Å². The molecule has 0 bridgehead atoms. The Labute approximate surface area is 121 Å². The van der Waals surface area contributed by atoms with Gasteiger partial charge in [0, 0.05) is 13.1 Å². The Morgan fingerprint density at radius 3 is 2.48 bits per heavy atom. The van der Waals surface area contributed by atoms with E-state index in [1.54, 1.807) is 4.90 Å². The van der Waals surface area contributed by atoms with E-state index in [1.165, 1.54) is 9.80 Å². The number of nitrogens with two attached hydrogens (primary N) is 1. The van der Waals surface area contributed by atoms with Crippen molar-refractivity contribution in [2.45, 2.75) is 31.3 Å². The van der Waals surface area contributed by atoms with Gasteiger partial charge in [0.25, 0.3) is 0 Å². The topological polar surface area (TPSA) is 104 Å². The Balaban J connectivity index is 1.75. The SMILES string of the molecule is NC(=O)CN1CCC(N2CC(=O)N3CCCC3C2=O)C1=O. The van der Waals surface area contributed by atoms with Crippen LogP contribution in [0, 0.1) is 0 Å². The average molecular weight is 294 g/mol. The van der Waals surface area contributed by atoms with Crippen molar-refractivity contribution >= 4 is 23.6 Å². The molecular formula is C13H18N4O4. The highest BCUT2D eigenvalue weighted by Crippen LogP contribution is 2.27. The molecule has 4 amide bonds. The fraction of sp³-hybridized carbons (Fsp3) is 0.692. The van der Waals surface area contributed by atoms with Crippen LogP contribution in [0.2, 0.25) is 0 Å². The number of hydrogen-bond acceptors (Lipinski definition) is 4. The van der Waals surface area contributed by atoms with Gasteiger partial charge in [-0.25, -0.2) is 0 Å². The molecule has 0 aliphatic carbocycles. The molecule has 2 atom stereocenters. The van der Waals surface area contributed by atoms with Gasteiger partial charge in [-0.2, -0.15) is 0 Å². The van der Waals surface area contributed by atoms with Crippen LogP contribution >= 0.6 is 0 Å². The van der Waals surface area contributed by atoms with E-state index in [2.05, 4.69) is 0 Å². The first-order chi connectivity index (χ1) is 9.99. The van der Waals surface area contributed by atoms with E-state index < -0.39 is 18.0 Å². The van der Waals surface area contributed by atoms with E-state index in [0.717, 1.165) is 6.42 Å². The maximum atomic E-state index is 12.5. The van der Waals surface area contributed by atoms with E-state index in [0.29, 0.717) is 25.9 Å². The Kier molecular flexibility index (Phi) is 3.30. The van der Waals surface area contributed by atoms with Gasteiger partial charge in [-0.3, -0.25) is 19.2 Å². The van der Waals surface area contributed by atoms with Crippen LogP contribution in [0.3, 0.4) is 0 Å². The highest BCUT2D eigenvalue weighted by atomic mass is 16.2. The number of amides is 4. The predicted molar refractivity (Wildman–Crippen MR) is 70.6 cm³/mol. The molecular weight excluding hydrogens is 276 g/mol. The predicted octanol–water partition coefficient (Wildman–Crippen LogP) is -2.09. The summed E-state index contributed by atoms with van der Waals surface area (Å²) < 4.78 is 0. The summed E-state index contributed by atoms with van der Waals surface area (Å²) in [6, 6.07) is -1.05. The smallest absolute Gasteiger partial charge is 0.246 e. The van der Waals surface area contributed by atoms with Crippen molar-refractivity contribution in [3.63, 3.8) is 0 Å². The van der Waals surface area contributed by atoms with Crippen molar-refractivity contribution in [1.29, 1.82) is 0 Å². The Hall–Kier alpha value is -2.12. The summed E-state index contributed by atoms with van der Waals surface area (Å²) >= 11 is 0. The van der Waals surface area contributed by atoms with Gasteiger partial charge >= 0.3 is 0 Å². The maximum absolute atomic E-state index is 12.5. The molecule has 3 fully saturated rings. The number of piperazine rings is 1. The summed E-state index contributed by atoms with van der Waals surface area (Å²) in [7, 11) is 0. The molecule has 2 unspecified atom stereocenters. The van der Waals surface area contributed by atoms with Gasteiger partial charge in [0.1, 0.15) is 18.6 Å². The zero-order valence-corrected chi connectivity index (χ0v) is 11.7. The third-order valence-corrected chi connectivity index (χ3v) is 4.44. The van der Waals surface area contributed by atoms with Crippen LogP contribution in [-0.4, -0.2) is 76.6 Å². The maximum Gasteiger partial charge on any atom is 0.246 e. The van der Waals surface area contributed by atoms with Crippen molar-refractivity contribution in [2.24, 2.45) is 5.73 Å². The first kappa shape index (κ1) is 13.8. The third-order valence-electron chi connectivity index (χ3n) is 4.44. The molecule has 3 saturated heterocycles. The lowest BCUT2D eigenvalue weighted by atomic mass is 10.1. The van der Waals surface area contributed by atoms with Crippen LogP contribution in [0.25, 0.3) is 0 Å². The number of rotatable bonds is 3. The molecule has 8 heteroatoms. The Morgan fingerprint density at radius 1 is 1.05 bits per heavy atom. The first-order valence-electron chi connectivity index (χ1n) is 7.16.